The van der Waals surface area contributed by atoms with Crippen molar-refractivity contribution in [2.75, 3.05) is 33.4 Å². The monoisotopic (exact) mass is 384 g/mol. The molecule has 1 saturated heterocycles. The van der Waals surface area contributed by atoms with Gasteiger partial charge in [0.05, 0.1) is 12.5 Å². The average molecular weight is 384 g/mol. The normalized spacial score (nSPS) is 18.9. The predicted octanol–water partition coefficient (Wildman–Crippen LogP) is 2.75. The molecule has 0 unspecified atom stereocenters. The van der Waals surface area contributed by atoms with Gasteiger partial charge in [-0.15, -0.1) is 0 Å². The van der Waals surface area contributed by atoms with Crippen molar-refractivity contribution in [2.24, 2.45) is 5.92 Å². The molecule has 2 aromatic rings. The molecule has 1 heterocycles. The fourth-order valence-corrected chi connectivity index (χ4v) is 3.60. The summed E-state index contributed by atoms with van der Waals surface area (Å²) >= 11 is 0. The highest BCUT2D eigenvalue weighted by molar-refractivity contribution is 5.95. The lowest BCUT2D eigenvalue weighted by Crippen LogP contribution is -2.37. The summed E-state index contributed by atoms with van der Waals surface area (Å²) in [4.78, 5) is 27.4. The van der Waals surface area contributed by atoms with Crippen molar-refractivity contribution in [2.45, 2.75) is 12.8 Å². The summed E-state index contributed by atoms with van der Waals surface area (Å²) < 4.78 is 18.7. The van der Waals surface area contributed by atoms with Crippen LogP contribution in [-0.4, -0.2) is 50.1 Å². The van der Waals surface area contributed by atoms with Gasteiger partial charge in [-0.3, -0.25) is 9.59 Å². The van der Waals surface area contributed by atoms with Gasteiger partial charge in [-0.05, 0) is 36.8 Å². The topological polar surface area (TPSA) is 58.6 Å². The fraction of sp³-hybridized carbons (Fsp3) is 0.364. The van der Waals surface area contributed by atoms with E-state index in [0.29, 0.717) is 31.8 Å². The lowest BCUT2D eigenvalue weighted by atomic mass is 9.88. The van der Waals surface area contributed by atoms with Crippen LogP contribution in [-0.2, 0) is 9.53 Å². The number of carbonyl (C=O) groups is 2. The first kappa shape index (κ1) is 20.0. The minimum absolute atomic E-state index is 0.117. The molecule has 148 valence electrons. The Kier molecular flexibility index (Phi) is 6.41. The number of carbonyl (C=O) groups excluding carboxylic acids is 2. The van der Waals surface area contributed by atoms with Crippen LogP contribution in [0.2, 0.25) is 0 Å². The highest BCUT2D eigenvalue weighted by Gasteiger charge is 2.40. The van der Waals surface area contributed by atoms with Crippen LogP contribution >= 0.6 is 0 Å². The Bertz CT molecular complexity index is 838. The van der Waals surface area contributed by atoms with Crippen molar-refractivity contribution in [3.05, 3.63) is 71.0 Å². The Morgan fingerprint density at radius 1 is 1.18 bits per heavy atom. The minimum atomic E-state index is -0.437. The molecule has 0 spiro atoms. The van der Waals surface area contributed by atoms with Gasteiger partial charge in [0, 0.05) is 38.2 Å². The summed E-state index contributed by atoms with van der Waals surface area (Å²) in [5, 5.41) is 2.85. The number of hydrogen-bond acceptors (Lipinski definition) is 3. The standard InChI is InChI=1S/C22H25FN2O3/c1-15-6-8-16(9-7-15)22(27)25-13-19(17-4-3-5-18(23)12-17)20(14-25)21(26)24-10-11-28-2/h3-9,12,19-20H,10-11,13-14H2,1-2H3,(H,24,26)/t19-,20+/m0/s1. The van der Waals surface area contributed by atoms with Gasteiger partial charge in [-0.1, -0.05) is 29.8 Å². The summed E-state index contributed by atoms with van der Waals surface area (Å²) in [5.41, 5.74) is 2.39. The number of aryl methyl sites for hydroxylation is 1. The Balaban J connectivity index is 1.82. The number of halogens is 1. The molecule has 1 aliphatic rings. The summed E-state index contributed by atoms with van der Waals surface area (Å²) in [6.45, 7) is 3.44. The third-order valence-corrected chi connectivity index (χ3v) is 5.12. The molecule has 0 aromatic heterocycles. The fourth-order valence-electron chi connectivity index (χ4n) is 3.60. The zero-order chi connectivity index (χ0) is 20.1. The maximum absolute atomic E-state index is 13.8. The molecule has 1 aliphatic heterocycles. The molecule has 0 aliphatic carbocycles. The van der Waals surface area contributed by atoms with Gasteiger partial charge in [0.15, 0.2) is 0 Å². The molecule has 2 amide bonds. The van der Waals surface area contributed by atoms with Crippen LogP contribution in [0.3, 0.4) is 0 Å². The van der Waals surface area contributed by atoms with E-state index in [1.54, 1.807) is 30.2 Å². The van der Waals surface area contributed by atoms with Gasteiger partial charge in [0.2, 0.25) is 5.91 Å². The predicted molar refractivity (Wildman–Crippen MR) is 105 cm³/mol. The van der Waals surface area contributed by atoms with E-state index >= 15 is 0 Å². The van der Waals surface area contributed by atoms with Crippen LogP contribution in [0, 0.1) is 18.7 Å². The van der Waals surface area contributed by atoms with Crippen LogP contribution in [0.1, 0.15) is 27.4 Å². The second kappa shape index (κ2) is 8.97. The second-order valence-electron chi connectivity index (χ2n) is 7.13. The molecule has 1 fully saturated rings. The first-order valence-corrected chi connectivity index (χ1v) is 9.37. The molecular weight excluding hydrogens is 359 g/mol. The molecule has 0 radical (unpaired) electrons. The maximum Gasteiger partial charge on any atom is 0.253 e. The maximum atomic E-state index is 13.8. The van der Waals surface area contributed by atoms with Crippen molar-refractivity contribution in [3.8, 4) is 0 Å². The van der Waals surface area contributed by atoms with E-state index in [2.05, 4.69) is 5.32 Å². The van der Waals surface area contributed by atoms with Gasteiger partial charge in [0.25, 0.3) is 5.91 Å². The quantitative estimate of drug-likeness (QED) is 0.779. The van der Waals surface area contributed by atoms with E-state index in [0.717, 1.165) is 11.1 Å². The van der Waals surface area contributed by atoms with Gasteiger partial charge in [-0.2, -0.15) is 0 Å². The number of nitrogens with zero attached hydrogens (tertiary/aromatic N) is 1. The van der Waals surface area contributed by atoms with Gasteiger partial charge < -0.3 is 15.0 Å². The van der Waals surface area contributed by atoms with E-state index in [9.17, 15) is 14.0 Å². The zero-order valence-electron chi connectivity index (χ0n) is 16.2. The summed E-state index contributed by atoms with van der Waals surface area (Å²) in [5.74, 6) is -1.31. The van der Waals surface area contributed by atoms with Crippen LogP contribution in [0.25, 0.3) is 0 Å². The summed E-state index contributed by atoms with van der Waals surface area (Å²) in [7, 11) is 1.57. The van der Waals surface area contributed by atoms with Gasteiger partial charge in [0.1, 0.15) is 5.82 Å². The van der Waals surface area contributed by atoms with Crippen LogP contribution in [0.5, 0.6) is 0 Å². The first-order valence-electron chi connectivity index (χ1n) is 9.37. The molecule has 1 N–H and O–H groups in total. The molecule has 6 heteroatoms. The number of amides is 2. The molecule has 3 rings (SSSR count). The Morgan fingerprint density at radius 2 is 1.93 bits per heavy atom. The summed E-state index contributed by atoms with van der Waals surface area (Å²) in [6, 6.07) is 13.6. The van der Waals surface area contributed by atoms with Crippen LogP contribution in [0.15, 0.2) is 48.5 Å². The lowest BCUT2D eigenvalue weighted by molar-refractivity contribution is -0.125. The lowest BCUT2D eigenvalue weighted by Gasteiger charge is -2.18. The Morgan fingerprint density at radius 3 is 2.61 bits per heavy atom. The number of benzene rings is 2. The Hall–Kier alpha value is -2.73. The molecular formula is C22H25FN2O3. The van der Waals surface area contributed by atoms with Crippen molar-refractivity contribution in [3.63, 3.8) is 0 Å². The minimum Gasteiger partial charge on any atom is -0.383 e. The third-order valence-electron chi connectivity index (χ3n) is 5.12. The number of methoxy groups -OCH3 is 1. The molecule has 0 bridgehead atoms. The van der Waals surface area contributed by atoms with Crippen molar-refractivity contribution in [1.29, 1.82) is 0 Å². The van der Waals surface area contributed by atoms with Crippen LogP contribution in [0.4, 0.5) is 4.39 Å². The first-order chi connectivity index (χ1) is 13.5. The van der Waals surface area contributed by atoms with E-state index in [1.807, 2.05) is 25.1 Å². The molecule has 2 atom stereocenters. The number of ether oxygens (including phenoxy) is 1. The molecule has 2 aromatic carbocycles. The smallest absolute Gasteiger partial charge is 0.253 e. The summed E-state index contributed by atoms with van der Waals surface area (Å²) in [6.07, 6.45) is 0. The Labute approximate surface area is 164 Å². The second-order valence-corrected chi connectivity index (χ2v) is 7.13. The number of nitrogens with one attached hydrogen (secondary N) is 1. The van der Waals surface area contributed by atoms with E-state index < -0.39 is 5.92 Å². The number of likely N-dealkylation sites (tertiary alicyclic amines) is 1. The molecule has 0 saturated carbocycles. The van der Waals surface area contributed by atoms with E-state index in [-0.39, 0.29) is 23.5 Å². The SMILES string of the molecule is COCCNC(=O)[C@@H]1CN(C(=O)c2ccc(C)cc2)C[C@H]1c1cccc(F)c1. The van der Waals surface area contributed by atoms with Gasteiger partial charge in [-0.25, -0.2) is 4.39 Å². The van der Waals surface area contributed by atoms with Crippen molar-refractivity contribution < 1.29 is 18.7 Å². The highest BCUT2D eigenvalue weighted by atomic mass is 19.1. The number of rotatable bonds is 6. The average Bonchev–Trinajstić information content (AvgIpc) is 3.14. The molecule has 5 nitrogen and oxygen atoms in total. The zero-order valence-corrected chi connectivity index (χ0v) is 16.2. The third kappa shape index (κ3) is 4.57. The van der Waals surface area contributed by atoms with Crippen LogP contribution < -0.4 is 5.32 Å². The number of hydrogen-bond donors (Lipinski definition) is 1. The largest absolute Gasteiger partial charge is 0.383 e. The van der Waals surface area contributed by atoms with Crippen molar-refractivity contribution in [1.82, 2.24) is 10.2 Å². The molecule has 28 heavy (non-hydrogen) atoms. The van der Waals surface area contributed by atoms with Crippen molar-refractivity contribution >= 4 is 11.8 Å². The van der Waals surface area contributed by atoms with E-state index in [4.69, 9.17) is 4.74 Å². The van der Waals surface area contributed by atoms with E-state index in [1.165, 1.54) is 12.1 Å². The van der Waals surface area contributed by atoms with Gasteiger partial charge >= 0.3 is 0 Å². The highest BCUT2D eigenvalue weighted by Crippen LogP contribution is 2.34.